The molecule has 1 aromatic heterocycles. The lowest BCUT2D eigenvalue weighted by Crippen LogP contribution is -2.43. The van der Waals surface area contributed by atoms with Crippen LogP contribution in [0, 0.1) is 5.92 Å². The lowest BCUT2D eigenvalue weighted by Gasteiger charge is -2.33. The van der Waals surface area contributed by atoms with Crippen LogP contribution in [0.25, 0.3) is 11.4 Å². The van der Waals surface area contributed by atoms with Crippen molar-refractivity contribution in [1.82, 2.24) is 19.9 Å². The van der Waals surface area contributed by atoms with E-state index < -0.39 is 11.7 Å². The number of halogens is 3. The summed E-state index contributed by atoms with van der Waals surface area (Å²) in [6.07, 6.45) is -1.80. The maximum absolute atomic E-state index is 13.1. The quantitative estimate of drug-likeness (QED) is 0.734. The molecule has 0 spiro atoms. The molecular formula is C21H23F3N4O3. The summed E-state index contributed by atoms with van der Waals surface area (Å²) in [5.74, 6) is 0.152. The van der Waals surface area contributed by atoms with Gasteiger partial charge in [-0.25, -0.2) is 0 Å². The Morgan fingerprint density at radius 3 is 2.55 bits per heavy atom. The van der Waals surface area contributed by atoms with Gasteiger partial charge in [-0.05, 0) is 37.8 Å². The van der Waals surface area contributed by atoms with Gasteiger partial charge in [-0.15, -0.1) is 0 Å². The van der Waals surface area contributed by atoms with E-state index in [0.29, 0.717) is 38.9 Å². The molecule has 10 heteroatoms. The summed E-state index contributed by atoms with van der Waals surface area (Å²) in [6.45, 7) is 3.21. The zero-order valence-electron chi connectivity index (χ0n) is 17.1. The molecular weight excluding hydrogens is 413 g/mol. The molecule has 166 valence electrons. The molecule has 7 nitrogen and oxygen atoms in total. The molecule has 0 aliphatic carbocycles. The third kappa shape index (κ3) is 4.42. The smallest absolute Gasteiger partial charge is 0.343 e. The highest BCUT2D eigenvalue weighted by Gasteiger charge is 2.38. The van der Waals surface area contributed by atoms with E-state index in [2.05, 4.69) is 10.1 Å². The van der Waals surface area contributed by atoms with Crippen LogP contribution in [0.5, 0.6) is 0 Å². The molecule has 0 saturated carbocycles. The van der Waals surface area contributed by atoms with Gasteiger partial charge >= 0.3 is 6.18 Å². The van der Waals surface area contributed by atoms with Crippen molar-refractivity contribution >= 4 is 11.8 Å². The molecule has 2 aliphatic rings. The SMILES string of the molecule is CC(=O)N1CCC(C(=O)N2CCC[C@H]2c2nc(-c3cccc(C(F)(F)F)c3)no2)CC1. The molecule has 4 rings (SSSR count). The first-order valence-electron chi connectivity index (χ1n) is 10.3. The van der Waals surface area contributed by atoms with Crippen LogP contribution in [0.1, 0.15) is 50.1 Å². The third-order valence-electron chi connectivity index (χ3n) is 6.00. The number of nitrogens with zero attached hydrogens (tertiary/aromatic N) is 4. The fraction of sp³-hybridized carbons (Fsp3) is 0.524. The van der Waals surface area contributed by atoms with Crippen LogP contribution >= 0.6 is 0 Å². The standard InChI is InChI=1S/C21H23F3N4O3/c1-13(29)27-10-7-14(8-11-27)20(30)28-9-3-6-17(28)19-25-18(26-31-19)15-4-2-5-16(12-15)21(22,23)24/h2,4-5,12,14,17H,3,6-11H2,1H3/t17-/m0/s1. The Labute approximate surface area is 177 Å². The maximum atomic E-state index is 13.1. The van der Waals surface area contributed by atoms with Crippen molar-refractivity contribution in [3.05, 3.63) is 35.7 Å². The van der Waals surface area contributed by atoms with Crippen LogP contribution in [0.4, 0.5) is 13.2 Å². The number of piperidine rings is 1. The van der Waals surface area contributed by atoms with E-state index in [1.165, 1.54) is 19.1 Å². The first-order chi connectivity index (χ1) is 14.7. The number of hydrogen-bond donors (Lipinski definition) is 0. The van der Waals surface area contributed by atoms with Gasteiger partial charge in [0.05, 0.1) is 5.56 Å². The molecule has 2 aromatic rings. The molecule has 0 unspecified atom stereocenters. The molecule has 0 bridgehead atoms. The zero-order chi connectivity index (χ0) is 22.2. The Morgan fingerprint density at radius 1 is 1.13 bits per heavy atom. The largest absolute Gasteiger partial charge is 0.416 e. The van der Waals surface area contributed by atoms with Crippen molar-refractivity contribution in [2.45, 2.75) is 44.8 Å². The zero-order valence-corrected chi connectivity index (χ0v) is 17.1. The van der Waals surface area contributed by atoms with Crippen molar-refractivity contribution in [3.63, 3.8) is 0 Å². The van der Waals surface area contributed by atoms with Gasteiger partial charge in [-0.3, -0.25) is 9.59 Å². The van der Waals surface area contributed by atoms with Crippen molar-refractivity contribution in [3.8, 4) is 11.4 Å². The number of carbonyl (C=O) groups excluding carboxylic acids is 2. The van der Waals surface area contributed by atoms with Crippen LogP contribution in [-0.4, -0.2) is 51.4 Å². The second kappa shape index (κ2) is 8.32. The van der Waals surface area contributed by atoms with Crippen LogP contribution < -0.4 is 0 Å². The van der Waals surface area contributed by atoms with Crippen LogP contribution in [-0.2, 0) is 15.8 Å². The first-order valence-corrected chi connectivity index (χ1v) is 10.3. The summed E-state index contributed by atoms with van der Waals surface area (Å²) in [5, 5.41) is 3.85. The second-order valence-electron chi connectivity index (χ2n) is 8.00. The van der Waals surface area contributed by atoms with E-state index in [4.69, 9.17) is 4.52 Å². The third-order valence-corrected chi connectivity index (χ3v) is 6.00. The minimum absolute atomic E-state index is 0.00419. The fourth-order valence-corrected chi connectivity index (χ4v) is 4.29. The lowest BCUT2D eigenvalue weighted by atomic mass is 9.95. The van der Waals surface area contributed by atoms with Crippen LogP contribution in [0.3, 0.4) is 0 Å². The molecule has 0 radical (unpaired) electrons. The Balaban J connectivity index is 1.48. The summed E-state index contributed by atoms with van der Waals surface area (Å²) < 4.78 is 44.3. The highest BCUT2D eigenvalue weighted by molar-refractivity contribution is 5.80. The maximum Gasteiger partial charge on any atom is 0.416 e. The second-order valence-corrected chi connectivity index (χ2v) is 8.00. The van der Waals surface area contributed by atoms with Gasteiger partial charge in [0.25, 0.3) is 0 Å². The summed E-state index contributed by atoms with van der Waals surface area (Å²) >= 11 is 0. The average molecular weight is 436 g/mol. The Bertz CT molecular complexity index is 967. The van der Waals surface area contributed by atoms with Gasteiger partial charge in [-0.2, -0.15) is 18.2 Å². The van der Waals surface area contributed by atoms with Gasteiger partial charge in [-0.1, -0.05) is 17.3 Å². The molecule has 2 amide bonds. The topological polar surface area (TPSA) is 79.5 Å². The average Bonchev–Trinajstić information content (AvgIpc) is 3.42. The number of alkyl halides is 3. The summed E-state index contributed by atoms with van der Waals surface area (Å²) in [5.41, 5.74) is -0.580. The van der Waals surface area contributed by atoms with E-state index in [9.17, 15) is 22.8 Å². The first kappa shape index (κ1) is 21.3. The molecule has 0 N–H and O–H groups in total. The van der Waals surface area contributed by atoms with Crippen LogP contribution in [0.2, 0.25) is 0 Å². The number of carbonyl (C=O) groups is 2. The Hall–Kier alpha value is -2.91. The van der Waals surface area contributed by atoms with Crippen molar-refractivity contribution in [2.75, 3.05) is 19.6 Å². The number of amides is 2. The normalized spacial score (nSPS) is 20.3. The molecule has 1 atom stereocenters. The number of benzene rings is 1. The number of aromatic nitrogens is 2. The minimum atomic E-state index is -4.46. The summed E-state index contributed by atoms with van der Waals surface area (Å²) in [6, 6.07) is 4.37. The van der Waals surface area contributed by atoms with Crippen LogP contribution in [0.15, 0.2) is 28.8 Å². The molecule has 2 saturated heterocycles. The molecule has 1 aromatic carbocycles. The van der Waals surface area contributed by atoms with Gasteiger partial charge in [0.2, 0.25) is 23.5 Å². The molecule has 31 heavy (non-hydrogen) atoms. The molecule has 2 fully saturated rings. The monoisotopic (exact) mass is 436 g/mol. The number of rotatable bonds is 3. The van der Waals surface area contributed by atoms with Crippen molar-refractivity contribution in [2.24, 2.45) is 5.92 Å². The predicted octanol–water partition coefficient (Wildman–Crippen LogP) is 3.68. The van der Waals surface area contributed by atoms with Gasteiger partial charge < -0.3 is 14.3 Å². The number of likely N-dealkylation sites (tertiary alicyclic amines) is 2. The summed E-state index contributed by atoms with van der Waals surface area (Å²) in [7, 11) is 0. The van der Waals surface area contributed by atoms with Crippen molar-refractivity contribution in [1.29, 1.82) is 0 Å². The van der Waals surface area contributed by atoms with Gasteiger partial charge in [0.15, 0.2) is 0 Å². The summed E-state index contributed by atoms with van der Waals surface area (Å²) in [4.78, 5) is 32.4. The molecule has 2 aliphatic heterocycles. The fourth-order valence-electron chi connectivity index (χ4n) is 4.29. The minimum Gasteiger partial charge on any atom is -0.343 e. The Morgan fingerprint density at radius 2 is 1.87 bits per heavy atom. The highest BCUT2D eigenvalue weighted by atomic mass is 19.4. The van der Waals surface area contributed by atoms with Gasteiger partial charge in [0.1, 0.15) is 6.04 Å². The molecule has 3 heterocycles. The van der Waals surface area contributed by atoms with E-state index in [-0.39, 0.29) is 41.1 Å². The lowest BCUT2D eigenvalue weighted by molar-refractivity contribution is -0.141. The highest BCUT2D eigenvalue weighted by Crippen LogP contribution is 2.36. The van der Waals surface area contributed by atoms with Crippen molar-refractivity contribution < 1.29 is 27.3 Å². The van der Waals surface area contributed by atoms with E-state index in [1.54, 1.807) is 9.80 Å². The number of hydrogen-bond acceptors (Lipinski definition) is 5. The van der Waals surface area contributed by atoms with E-state index >= 15 is 0 Å². The Kier molecular flexibility index (Phi) is 5.72. The van der Waals surface area contributed by atoms with E-state index in [1.807, 2.05) is 0 Å². The predicted molar refractivity (Wildman–Crippen MR) is 103 cm³/mol. The van der Waals surface area contributed by atoms with Gasteiger partial charge in [0, 0.05) is 38.0 Å². The van der Waals surface area contributed by atoms with E-state index in [0.717, 1.165) is 18.6 Å².